The molecule has 0 fully saturated rings. The molecule has 2 unspecified atom stereocenters. The Morgan fingerprint density at radius 1 is 1.04 bits per heavy atom. The molecule has 0 aromatic heterocycles. The lowest BCUT2D eigenvalue weighted by Gasteiger charge is -2.16. The van der Waals surface area contributed by atoms with Crippen molar-refractivity contribution >= 4 is 11.5 Å². The van der Waals surface area contributed by atoms with Crippen LogP contribution in [0.1, 0.15) is 21.5 Å². The Morgan fingerprint density at radius 3 is 2.62 bits per heavy atom. The summed E-state index contributed by atoms with van der Waals surface area (Å²) >= 11 is 0. The summed E-state index contributed by atoms with van der Waals surface area (Å²) in [6.07, 6.45) is 7.55. The smallest absolute Gasteiger partial charge is 0.170 e. The molecule has 5 nitrogen and oxygen atoms in total. The van der Waals surface area contributed by atoms with E-state index in [0.29, 0.717) is 11.3 Å². The first-order chi connectivity index (χ1) is 12.6. The molecule has 5 heteroatoms. The first kappa shape index (κ1) is 16.1. The molecule has 130 valence electrons. The number of allylic oxidation sites excluding steroid dienone is 2. The molecule has 2 atom stereocenters. The Hall–Kier alpha value is -3.34. The van der Waals surface area contributed by atoms with Crippen LogP contribution in [-0.2, 0) is 11.3 Å². The summed E-state index contributed by atoms with van der Waals surface area (Å²) in [4.78, 5) is 18.1. The number of aromatic hydroxyl groups is 2. The highest BCUT2D eigenvalue weighted by molar-refractivity contribution is 6.09. The molecule has 2 N–H and O–H groups in total. The molecule has 2 aromatic rings. The maximum atomic E-state index is 12.7. The number of phenolic OH excluding ortho intramolecular Hbond substituents is 2. The molecule has 0 saturated heterocycles. The number of nitrogens with zero attached hydrogens (tertiary/aromatic N) is 1. The lowest BCUT2D eigenvalue weighted by atomic mass is 9.88. The molecule has 0 amide bonds. The molecular weight excluding hydrogens is 330 g/mol. The number of ketones is 1. The molecule has 0 bridgehead atoms. The number of Topliss-reactive ketones (excluding diaryl/α,β-unsaturated/α-hetero) is 1. The van der Waals surface area contributed by atoms with Crippen LogP contribution in [0.3, 0.4) is 0 Å². The van der Waals surface area contributed by atoms with Gasteiger partial charge < -0.3 is 15.1 Å². The molecule has 1 aliphatic heterocycles. The van der Waals surface area contributed by atoms with Gasteiger partial charge in [-0.2, -0.15) is 0 Å². The summed E-state index contributed by atoms with van der Waals surface area (Å²) in [5, 5.41) is 24.5. The molecule has 26 heavy (non-hydrogen) atoms. The van der Waals surface area contributed by atoms with Gasteiger partial charge in [0.25, 0.3) is 0 Å². The first-order valence-corrected chi connectivity index (χ1v) is 8.35. The van der Waals surface area contributed by atoms with E-state index < -0.39 is 0 Å². The zero-order chi connectivity index (χ0) is 18.1. The van der Waals surface area contributed by atoms with Gasteiger partial charge in [-0.1, -0.05) is 53.7 Å². The normalized spacial score (nSPS) is 20.4. The van der Waals surface area contributed by atoms with E-state index in [1.54, 1.807) is 0 Å². The second-order valence-corrected chi connectivity index (χ2v) is 6.31. The minimum absolute atomic E-state index is 0.132. The van der Waals surface area contributed by atoms with Crippen LogP contribution in [0, 0.1) is 5.92 Å². The summed E-state index contributed by atoms with van der Waals surface area (Å²) in [6, 6.07) is 12.0. The van der Waals surface area contributed by atoms with E-state index in [0.717, 1.165) is 5.56 Å². The van der Waals surface area contributed by atoms with Crippen molar-refractivity contribution in [3.63, 3.8) is 0 Å². The minimum Gasteiger partial charge on any atom is -0.507 e. The largest absolute Gasteiger partial charge is 0.507 e. The zero-order valence-corrected chi connectivity index (χ0v) is 13.9. The van der Waals surface area contributed by atoms with Crippen LogP contribution in [0.4, 0.5) is 0 Å². The third-order valence-corrected chi connectivity index (χ3v) is 4.57. The van der Waals surface area contributed by atoms with Gasteiger partial charge in [0.1, 0.15) is 17.2 Å². The van der Waals surface area contributed by atoms with Crippen molar-refractivity contribution in [2.75, 3.05) is 0 Å². The average molecular weight is 347 g/mol. The topological polar surface area (TPSA) is 79.1 Å². The Morgan fingerprint density at radius 2 is 1.81 bits per heavy atom. The van der Waals surface area contributed by atoms with Crippen molar-refractivity contribution in [3.05, 3.63) is 83.5 Å². The van der Waals surface area contributed by atoms with Gasteiger partial charge in [0, 0.05) is 18.1 Å². The number of hydrogen-bond donors (Lipinski definition) is 2. The molecule has 0 spiro atoms. The monoisotopic (exact) mass is 347 g/mol. The van der Waals surface area contributed by atoms with Crippen molar-refractivity contribution in [2.24, 2.45) is 11.1 Å². The van der Waals surface area contributed by atoms with Crippen molar-refractivity contribution in [1.29, 1.82) is 0 Å². The number of carbonyl (C=O) groups excluding carboxylic acids is 1. The Labute approximate surface area is 150 Å². The fourth-order valence-electron chi connectivity index (χ4n) is 3.22. The number of phenols is 2. The minimum atomic E-state index is -0.248. The number of fused-ring (bicyclic) bond motifs is 1. The van der Waals surface area contributed by atoms with Crippen LogP contribution in [0.2, 0.25) is 0 Å². The van der Waals surface area contributed by atoms with E-state index in [1.165, 1.54) is 12.1 Å². The summed E-state index contributed by atoms with van der Waals surface area (Å²) in [6.45, 7) is 0. The predicted molar refractivity (Wildman–Crippen MR) is 97.4 cm³/mol. The lowest BCUT2D eigenvalue weighted by Crippen LogP contribution is -2.22. The Kier molecular flexibility index (Phi) is 4.05. The van der Waals surface area contributed by atoms with Gasteiger partial charge >= 0.3 is 0 Å². The maximum absolute atomic E-state index is 12.7. The highest BCUT2D eigenvalue weighted by Gasteiger charge is 2.34. The summed E-state index contributed by atoms with van der Waals surface area (Å²) in [5.41, 5.74) is 1.95. The van der Waals surface area contributed by atoms with Crippen LogP contribution in [-0.4, -0.2) is 27.8 Å². The highest BCUT2D eigenvalue weighted by Crippen LogP contribution is 2.35. The zero-order valence-electron chi connectivity index (χ0n) is 13.9. The third-order valence-electron chi connectivity index (χ3n) is 4.57. The van der Waals surface area contributed by atoms with Gasteiger partial charge in [-0.3, -0.25) is 4.79 Å². The van der Waals surface area contributed by atoms with Crippen molar-refractivity contribution in [2.45, 2.75) is 12.5 Å². The molecule has 0 radical (unpaired) electrons. The standard InChI is InChI=1S/C21H17NO4/c23-17(10-13-6-2-1-3-7-13)15-11-16(19(25)12-18(15)24)21-14-8-4-5-9-20(14)26-22-21/h1-9,11-12,14,20,24-25H,10H2. The second kappa shape index (κ2) is 6.52. The van der Waals surface area contributed by atoms with E-state index in [4.69, 9.17) is 4.84 Å². The van der Waals surface area contributed by atoms with E-state index in [9.17, 15) is 15.0 Å². The SMILES string of the molecule is O=C(Cc1ccccc1)c1cc(C2=NOC3C=CC=CC23)c(O)cc1O. The lowest BCUT2D eigenvalue weighted by molar-refractivity contribution is 0.0990. The van der Waals surface area contributed by atoms with Crippen molar-refractivity contribution < 1.29 is 19.8 Å². The predicted octanol–water partition coefficient (Wildman–Crippen LogP) is 3.37. The Bertz CT molecular complexity index is 944. The first-order valence-electron chi connectivity index (χ1n) is 8.35. The number of carbonyl (C=O) groups is 1. The number of rotatable bonds is 4. The van der Waals surface area contributed by atoms with E-state index in [1.807, 2.05) is 54.6 Å². The number of oxime groups is 1. The van der Waals surface area contributed by atoms with E-state index in [-0.39, 0.29) is 41.3 Å². The van der Waals surface area contributed by atoms with Gasteiger partial charge in [-0.15, -0.1) is 0 Å². The quantitative estimate of drug-likeness (QED) is 0.831. The van der Waals surface area contributed by atoms with E-state index in [2.05, 4.69) is 5.16 Å². The summed E-state index contributed by atoms with van der Waals surface area (Å²) < 4.78 is 0. The van der Waals surface area contributed by atoms with Gasteiger partial charge in [-0.25, -0.2) is 0 Å². The second-order valence-electron chi connectivity index (χ2n) is 6.31. The molecular formula is C21H17NO4. The van der Waals surface area contributed by atoms with Gasteiger partial charge in [0.2, 0.25) is 0 Å². The number of benzene rings is 2. The Balaban J connectivity index is 1.67. The highest BCUT2D eigenvalue weighted by atomic mass is 16.6. The molecule has 0 saturated carbocycles. The van der Waals surface area contributed by atoms with E-state index >= 15 is 0 Å². The average Bonchev–Trinajstić information content (AvgIpc) is 3.06. The van der Waals surface area contributed by atoms with Gasteiger partial charge in [-0.05, 0) is 17.7 Å². The van der Waals surface area contributed by atoms with Crippen LogP contribution < -0.4 is 0 Å². The molecule has 2 aliphatic rings. The van der Waals surface area contributed by atoms with Crippen LogP contribution in [0.15, 0.2) is 71.9 Å². The van der Waals surface area contributed by atoms with Crippen LogP contribution in [0.25, 0.3) is 0 Å². The number of hydrogen-bond acceptors (Lipinski definition) is 5. The molecule has 4 rings (SSSR count). The third kappa shape index (κ3) is 2.88. The van der Waals surface area contributed by atoms with Crippen molar-refractivity contribution in [1.82, 2.24) is 0 Å². The van der Waals surface area contributed by atoms with Crippen LogP contribution >= 0.6 is 0 Å². The summed E-state index contributed by atoms with van der Waals surface area (Å²) in [7, 11) is 0. The van der Waals surface area contributed by atoms with Gasteiger partial charge in [0.15, 0.2) is 11.9 Å². The summed E-state index contributed by atoms with van der Waals surface area (Å²) in [5.74, 6) is -0.746. The fourth-order valence-corrected chi connectivity index (χ4v) is 3.22. The molecule has 2 aromatic carbocycles. The fraction of sp³-hybridized carbons (Fsp3) is 0.143. The molecule has 1 aliphatic carbocycles. The van der Waals surface area contributed by atoms with Crippen LogP contribution in [0.5, 0.6) is 11.5 Å². The maximum Gasteiger partial charge on any atom is 0.170 e. The van der Waals surface area contributed by atoms with Crippen molar-refractivity contribution in [3.8, 4) is 11.5 Å². The van der Waals surface area contributed by atoms with Gasteiger partial charge in [0.05, 0.1) is 11.5 Å². The molecule has 1 heterocycles.